The Bertz CT molecular complexity index is 839. The summed E-state index contributed by atoms with van der Waals surface area (Å²) < 4.78 is 6.92. The maximum absolute atomic E-state index is 12.4. The monoisotopic (exact) mass is 342 g/mol. The summed E-state index contributed by atoms with van der Waals surface area (Å²) in [4.78, 5) is 27.9. The molecule has 10 nitrogen and oxygen atoms in total. The number of aromatic nitrogens is 2. The zero-order valence-electron chi connectivity index (χ0n) is 13.1. The van der Waals surface area contributed by atoms with Crippen molar-refractivity contribution >= 4 is 17.5 Å². The number of fused-ring (bicyclic) bond motifs is 1. The molecule has 0 radical (unpaired) electrons. The third-order valence-corrected chi connectivity index (χ3v) is 3.67. The van der Waals surface area contributed by atoms with E-state index in [1.807, 2.05) is 6.07 Å². The highest BCUT2D eigenvalue weighted by atomic mass is 16.6. The molecule has 0 fully saturated rings. The SMILES string of the molecule is N#Cc1ccc(NC(=O)N2CCOc3nc([N+](=O)[O-])cn3CC2)cc1. The fourth-order valence-electron chi connectivity index (χ4n) is 2.37. The van der Waals surface area contributed by atoms with Crippen molar-refractivity contribution in [3.8, 4) is 12.1 Å². The number of ether oxygens (including phenoxy) is 1. The van der Waals surface area contributed by atoms with Gasteiger partial charge in [0.1, 0.15) is 12.8 Å². The predicted molar refractivity (Wildman–Crippen MR) is 86.1 cm³/mol. The Hall–Kier alpha value is -3.61. The molecule has 0 bridgehead atoms. The number of carbonyl (C=O) groups excluding carboxylic acids is 1. The first-order valence-corrected chi connectivity index (χ1v) is 7.47. The van der Waals surface area contributed by atoms with Crippen LogP contribution in [0.1, 0.15) is 5.56 Å². The number of nitrogens with zero attached hydrogens (tertiary/aromatic N) is 5. The van der Waals surface area contributed by atoms with Gasteiger partial charge in [0.2, 0.25) is 0 Å². The van der Waals surface area contributed by atoms with Gasteiger partial charge in [-0.25, -0.2) is 4.79 Å². The summed E-state index contributed by atoms with van der Waals surface area (Å²) in [7, 11) is 0. The van der Waals surface area contributed by atoms with Crippen molar-refractivity contribution in [1.29, 1.82) is 5.26 Å². The van der Waals surface area contributed by atoms with Gasteiger partial charge in [-0.15, -0.1) is 0 Å². The summed E-state index contributed by atoms with van der Waals surface area (Å²) in [5, 5.41) is 22.3. The van der Waals surface area contributed by atoms with E-state index in [0.717, 1.165) is 0 Å². The number of hydrogen-bond donors (Lipinski definition) is 1. The van der Waals surface area contributed by atoms with E-state index >= 15 is 0 Å². The first-order chi connectivity index (χ1) is 12.1. The van der Waals surface area contributed by atoms with Crippen molar-refractivity contribution in [2.45, 2.75) is 6.54 Å². The van der Waals surface area contributed by atoms with Gasteiger partial charge < -0.3 is 25.1 Å². The molecule has 1 aromatic carbocycles. The topological polar surface area (TPSA) is 126 Å². The number of urea groups is 1. The molecule has 2 aromatic rings. The Morgan fingerprint density at radius 2 is 2.08 bits per heavy atom. The molecule has 128 valence electrons. The minimum Gasteiger partial charge on any atom is -0.444 e. The van der Waals surface area contributed by atoms with Gasteiger partial charge in [0, 0.05) is 23.8 Å². The fourth-order valence-corrected chi connectivity index (χ4v) is 2.37. The molecule has 1 aliphatic rings. The average Bonchev–Trinajstić information content (AvgIpc) is 2.98. The lowest BCUT2D eigenvalue weighted by molar-refractivity contribution is -0.389. The molecule has 3 rings (SSSR count). The van der Waals surface area contributed by atoms with Crippen LogP contribution in [0.15, 0.2) is 30.5 Å². The van der Waals surface area contributed by atoms with Gasteiger partial charge in [-0.05, 0) is 29.2 Å². The quantitative estimate of drug-likeness (QED) is 0.652. The molecular weight excluding hydrogens is 328 g/mol. The lowest BCUT2D eigenvalue weighted by atomic mass is 10.2. The summed E-state index contributed by atoms with van der Waals surface area (Å²) in [5.41, 5.74) is 1.08. The van der Waals surface area contributed by atoms with E-state index in [-0.39, 0.29) is 24.5 Å². The van der Waals surface area contributed by atoms with Crippen LogP contribution < -0.4 is 10.1 Å². The highest BCUT2D eigenvalue weighted by Crippen LogP contribution is 2.19. The molecule has 2 amide bonds. The zero-order valence-corrected chi connectivity index (χ0v) is 13.1. The molecule has 25 heavy (non-hydrogen) atoms. The molecule has 0 saturated carbocycles. The van der Waals surface area contributed by atoms with E-state index in [2.05, 4.69) is 10.3 Å². The molecule has 0 spiro atoms. The van der Waals surface area contributed by atoms with Crippen molar-refractivity contribution in [2.75, 3.05) is 25.0 Å². The Kier molecular flexibility index (Phi) is 4.47. The number of carbonyl (C=O) groups is 1. The highest BCUT2D eigenvalue weighted by Gasteiger charge is 2.24. The van der Waals surface area contributed by atoms with Crippen LogP contribution in [0.3, 0.4) is 0 Å². The fraction of sp³-hybridized carbons (Fsp3) is 0.267. The molecule has 10 heteroatoms. The minimum atomic E-state index is -0.587. The number of imidazole rings is 1. The van der Waals surface area contributed by atoms with Gasteiger partial charge in [0.05, 0.1) is 18.2 Å². The summed E-state index contributed by atoms with van der Waals surface area (Å²) in [6.45, 7) is 1.18. The second-order valence-corrected chi connectivity index (χ2v) is 5.29. The molecule has 1 aliphatic heterocycles. The van der Waals surface area contributed by atoms with Crippen molar-refractivity contribution in [1.82, 2.24) is 14.5 Å². The maximum atomic E-state index is 12.4. The van der Waals surface area contributed by atoms with Gasteiger partial charge in [-0.1, -0.05) is 0 Å². The molecule has 1 aromatic heterocycles. The van der Waals surface area contributed by atoms with E-state index in [0.29, 0.717) is 30.9 Å². The minimum absolute atomic E-state index is 0.176. The third kappa shape index (κ3) is 3.66. The highest BCUT2D eigenvalue weighted by molar-refractivity contribution is 5.89. The average molecular weight is 342 g/mol. The summed E-state index contributed by atoms with van der Waals surface area (Å²) in [5.74, 6) is -0.287. The first kappa shape index (κ1) is 16.3. The van der Waals surface area contributed by atoms with Gasteiger partial charge in [-0.3, -0.25) is 4.57 Å². The van der Waals surface area contributed by atoms with Crippen LogP contribution in [0, 0.1) is 21.4 Å². The molecule has 0 unspecified atom stereocenters. The number of rotatable bonds is 2. The molecule has 1 N–H and O–H groups in total. The molecule has 0 atom stereocenters. The largest absolute Gasteiger partial charge is 0.444 e. The van der Waals surface area contributed by atoms with Crippen molar-refractivity contribution in [2.24, 2.45) is 0 Å². The van der Waals surface area contributed by atoms with Crippen LogP contribution in [0.5, 0.6) is 6.01 Å². The van der Waals surface area contributed by atoms with Gasteiger partial charge in [-0.2, -0.15) is 5.26 Å². The number of amides is 2. The standard InChI is InChI=1S/C15H14N6O4/c16-9-11-1-3-12(4-2-11)17-14(22)19-5-6-20-10-13(21(23)24)18-15(20)25-8-7-19/h1-4,10H,5-8H2,(H,17,22). The number of hydrogen-bond acceptors (Lipinski definition) is 6. The lowest BCUT2D eigenvalue weighted by Crippen LogP contribution is -2.41. The number of nitrogens with one attached hydrogen (secondary N) is 1. The van der Waals surface area contributed by atoms with E-state index in [1.54, 1.807) is 29.2 Å². The van der Waals surface area contributed by atoms with Crippen LogP contribution in [-0.4, -0.2) is 45.1 Å². The molecule has 0 aliphatic carbocycles. The van der Waals surface area contributed by atoms with Crippen molar-refractivity contribution in [3.63, 3.8) is 0 Å². The predicted octanol–water partition coefficient (Wildman–Crippen LogP) is 1.59. The smallest absolute Gasteiger partial charge is 0.414 e. The lowest BCUT2D eigenvalue weighted by Gasteiger charge is -2.25. The number of benzene rings is 1. The summed E-state index contributed by atoms with van der Waals surface area (Å²) in [6, 6.07) is 8.40. The Morgan fingerprint density at radius 1 is 1.32 bits per heavy atom. The second-order valence-electron chi connectivity index (χ2n) is 5.29. The summed E-state index contributed by atoms with van der Waals surface area (Å²) in [6.07, 6.45) is 1.29. The third-order valence-electron chi connectivity index (χ3n) is 3.67. The van der Waals surface area contributed by atoms with Crippen LogP contribution >= 0.6 is 0 Å². The second kappa shape index (κ2) is 6.88. The van der Waals surface area contributed by atoms with E-state index in [9.17, 15) is 14.9 Å². The van der Waals surface area contributed by atoms with Gasteiger partial charge in [0.25, 0.3) is 0 Å². The number of nitriles is 1. The van der Waals surface area contributed by atoms with Crippen LogP contribution in [0.2, 0.25) is 0 Å². The number of nitro groups is 1. The Labute approximate surface area is 142 Å². The molecule has 0 saturated heterocycles. The van der Waals surface area contributed by atoms with Crippen molar-refractivity contribution in [3.05, 3.63) is 46.1 Å². The normalized spacial score (nSPS) is 13.6. The Morgan fingerprint density at radius 3 is 2.76 bits per heavy atom. The first-order valence-electron chi connectivity index (χ1n) is 7.47. The van der Waals surface area contributed by atoms with Crippen molar-refractivity contribution < 1.29 is 14.5 Å². The van der Waals surface area contributed by atoms with E-state index < -0.39 is 4.92 Å². The van der Waals surface area contributed by atoms with E-state index in [1.165, 1.54) is 10.8 Å². The molecule has 2 heterocycles. The van der Waals surface area contributed by atoms with Gasteiger partial charge in [0.15, 0.2) is 0 Å². The zero-order chi connectivity index (χ0) is 17.8. The number of anilines is 1. The van der Waals surface area contributed by atoms with Crippen LogP contribution in [0.25, 0.3) is 0 Å². The molecular formula is C15H14N6O4. The Balaban J connectivity index is 1.66. The van der Waals surface area contributed by atoms with Gasteiger partial charge >= 0.3 is 17.9 Å². The van der Waals surface area contributed by atoms with E-state index in [4.69, 9.17) is 10.00 Å². The van der Waals surface area contributed by atoms with Crippen LogP contribution in [-0.2, 0) is 6.54 Å². The van der Waals surface area contributed by atoms with Crippen LogP contribution in [0.4, 0.5) is 16.3 Å². The summed E-state index contributed by atoms with van der Waals surface area (Å²) >= 11 is 0. The maximum Gasteiger partial charge on any atom is 0.414 e.